The van der Waals surface area contributed by atoms with Gasteiger partial charge in [0.1, 0.15) is 11.9 Å². The Kier molecular flexibility index (Phi) is 7.66. The molecule has 0 aliphatic heterocycles. The lowest BCUT2D eigenvalue weighted by atomic mass is 10.0. The van der Waals surface area contributed by atoms with Crippen LogP contribution in [0.1, 0.15) is 31.9 Å². The summed E-state index contributed by atoms with van der Waals surface area (Å²) in [6.45, 7) is 3.36. The number of nitrogens with zero attached hydrogens (tertiary/aromatic N) is 1. The summed E-state index contributed by atoms with van der Waals surface area (Å²) in [6.07, 6.45) is 1.54. The van der Waals surface area contributed by atoms with Gasteiger partial charge in [-0.3, -0.25) is 9.10 Å². The quantitative estimate of drug-likeness (QED) is 0.650. The van der Waals surface area contributed by atoms with Crippen LogP contribution >= 0.6 is 0 Å². The Morgan fingerprint density at radius 2 is 1.80 bits per heavy atom. The molecule has 2 aromatic carbocycles. The van der Waals surface area contributed by atoms with E-state index in [9.17, 15) is 17.6 Å². The van der Waals surface area contributed by atoms with Crippen molar-refractivity contribution in [2.24, 2.45) is 0 Å². The van der Waals surface area contributed by atoms with Crippen molar-refractivity contribution in [3.8, 4) is 11.5 Å². The number of rotatable bonds is 9. The smallest absolute Gasteiger partial charge is 0.244 e. The lowest BCUT2D eigenvalue weighted by Gasteiger charge is -2.30. The van der Waals surface area contributed by atoms with Gasteiger partial charge in [0.15, 0.2) is 11.5 Å². The summed E-state index contributed by atoms with van der Waals surface area (Å²) in [4.78, 5) is 12.9. The van der Waals surface area contributed by atoms with Crippen molar-refractivity contribution in [1.29, 1.82) is 0 Å². The number of halogens is 1. The summed E-state index contributed by atoms with van der Waals surface area (Å²) in [7, 11) is -0.784. The maximum absolute atomic E-state index is 13.7. The number of methoxy groups -OCH3 is 2. The minimum absolute atomic E-state index is 0.0827. The number of hydrogen-bond donors (Lipinski definition) is 1. The third-order valence-corrected chi connectivity index (χ3v) is 5.93. The second-order valence-electron chi connectivity index (χ2n) is 6.80. The van der Waals surface area contributed by atoms with Gasteiger partial charge in [0.2, 0.25) is 15.9 Å². The van der Waals surface area contributed by atoms with E-state index in [1.165, 1.54) is 39.3 Å². The molecule has 9 heteroatoms. The van der Waals surface area contributed by atoms with Crippen molar-refractivity contribution >= 4 is 21.6 Å². The molecule has 0 fully saturated rings. The van der Waals surface area contributed by atoms with Crippen LogP contribution in [0, 0.1) is 5.82 Å². The highest BCUT2D eigenvalue weighted by molar-refractivity contribution is 7.92. The van der Waals surface area contributed by atoms with Crippen molar-refractivity contribution in [2.45, 2.75) is 32.4 Å². The molecule has 164 valence electrons. The molecule has 1 N–H and O–H groups in total. The molecule has 0 aliphatic carbocycles. The largest absolute Gasteiger partial charge is 0.493 e. The highest BCUT2D eigenvalue weighted by Gasteiger charge is 2.30. The predicted molar refractivity (Wildman–Crippen MR) is 114 cm³/mol. The molecule has 0 unspecified atom stereocenters. The molecule has 0 radical (unpaired) electrons. The van der Waals surface area contributed by atoms with E-state index in [4.69, 9.17) is 9.47 Å². The molecule has 2 atom stereocenters. The molecule has 0 aromatic heterocycles. The highest BCUT2D eigenvalue weighted by Crippen LogP contribution is 2.31. The van der Waals surface area contributed by atoms with Crippen molar-refractivity contribution < 1.29 is 27.1 Å². The van der Waals surface area contributed by atoms with Gasteiger partial charge in [0, 0.05) is 0 Å². The number of anilines is 1. The maximum atomic E-state index is 13.7. The third kappa shape index (κ3) is 5.41. The average Bonchev–Trinajstić information content (AvgIpc) is 2.70. The zero-order chi connectivity index (χ0) is 22.5. The average molecular weight is 439 g/mol. The molecular formula is C21H27FN2O5S. The Bertz CT molecular complexity index is 997. The summed E-state index contributed by atoms with van der Waals surface area (Å²) in [5, 5.41) is 2.87. The molecule has 0 spiro atoms. The molecule has 0 saturated heterocycles. The summed E-state index contributed by atoms with van der Waals surface area (Å²) in [6, 6.07) is 8.97. The Morgan fingerprint density at radius 3 is 2.33 bits per heavy atom. The summed E-state index contributed by atoms with van der Waals surface area (Å²) in [5.41, 5.74) is 0.867. The number of hydrogen-bond acceptors (Lipinski definition) is 5. The normalized spacial score (nSPS) is 13.3. The SMILES string of the molecule is CC[C@@H](NC(=O)[C@@H](C)N(c1cccc(F)c1)S(C)(=O)=O)c1ccc(OC)c(OC)c1. The van der Waals surface area contributed by atoms with Crippen LogP contribution in [0.2, 0.25) is 0 Å². The van der Waals surface area contributed by atoms with E-state index in [2.05, 4.69) is 5.32 Å². The number of amides is 1. The minimum Gasteiger partial charge on any atom is -0.493 e. The van der Waals surface area contributed by atoms with Crippen molar-refractivity contribution in [2.75, 3.05) is 24.8 Å². The van der Waals surface area contributed by atoms with E-state index in [0.29, 0.717) is 17.9 Å². The molecule has 0 heterocycles. The summed E-state index contributed by atoms with van der Waals surface area (Å²) in [5.74, 6) is -0.0183. The first-order valence-corrected chi connectivity index (χ1v) is 11.2. The number of sulfonamides is 1. The van der Waals surface area contributed by atoms with Gasteiger partial charge < -0.3 is 14.8 Å². The number of nitrogens with one attached hydrogen (secondary N) is 1. The topological polar surface area (TPSA) is 84.9 Å². The van der Waals surface area contributed by atoms with Gasteiger partial charge in [-0.1, -0.05) is 19.1 Å². The monoisotopic (exact) mass is 438 g/mol. The first kappa shape index (κ1) is 23.5. The minimum atomic E-state index is -3.84. The van der Waals surface area contributed by atoms with Gasteiger partial charge >= 0.3 is 0 Å². The Labute approximate surface area is 176 Å². The number of benzene rings is 2. The molecule has 30 heavy (non-hydrogen) atoms. The number of ether oxygens (including phenoxy) is 2. The fourth-order valence-electron chi connectivity index (χ4n) is 3.20. The lowest BCUT2D eigenvalue weighted by molar-refractivity contribution is -0.122. The van der Waals surface area contributed by atoms with Gasteiger partial charge in [-0.05, 0) is 49.2 Å². The molecule has 2 rings (SSSR count). The Morgan fingerprint density at radius 1 is 1.13 bits per heavy atom. The van der Waals surface area contributed by atoms with Crippen LogP contribution in [-0.4, -0.2) is 40.8 Å². The van der Waals surface area contributed by atoms with Crippen LogP contribution in [0.3, 0.4) is 0 Å². The first-order valence-electron chi connectivity index (χ1n) is 9.39. The maximum Gasteiger partial charge on any atom is 0.244 e. The van der Waals surface area contributed by atoms with E-state index in [0.717, 1.165) is 22.2 Å². The second-order valence-corrected chi connectivity index (χ2v) is 8.66. The van der Waals surface area contributed by atoms with E-state index in [-0.39, 0.29) is 11.7 Å². The molecule has 2 aromatic rings. The molecule has 7 nitrogen and oxygen atoms in total. The second kappa shape index (κ2) is 9.80. The number of carbonyl (C=O) groups excluding carboxylic acids is 1. The van der Waals surface area contributed by atoms with E-state index in [1.807, 2.05) is 6.92 Å². The summed E-state index contributed by atoms with van der Waals surface area (Å²) < 4.78 is 49.8. The van der Waals surface area contributed by atoms with Gasteiger partial charge in [0.25, 0.3) is 0 Å². The van der Waals surface area contributed by atoms with Crippen molar-refractivity contribution in [3.63, 3.8) is 0 Å². The van der Waals surface area contributed by atoms with Gasteiger partial charge in [0.05, 0.1) is 32.2 Å². The molecule has 0 aliphatic rings. The van der Waals surface area contributed by atoms with Crippen LogP contribution in [0.4, 0.5) is 10.1 Å². The highest BCUT2D eigenvalue weighted by atomic mass is 32.2. The first-order chi connectivity index (χ1) is 14.1. The molecule has 0 bridgehead atoms. The van der Waals surface area contributed by atoms with Crippen molar-refractivity contribution in [3.05, 3.63) is 53.8 Å². The summed E-state index contributed by atoms with van der Waals surface area (Å²) >= 11 is 0. The van der Waals surface area contributed by atoms with E-state index >= 15 is 0 Å². The van der Waals surface area contributed by atoms with Crippen LogP contribution in [0.5, 0.6) is 11.5 Å². The third-order valence-electron chi connectivity index (χ3n) is 4.69. The fraction of sp³-hybridized carbons (Fsp3) is 0.381. The molecular weight excluding hydrogens is 411 g/mol. The van der Waals surface area contributed by atoms with Crippen LogP contribution in [0.25, 0.3) is 0 Å². The van der Waals surface area contributed by atoms with Crippen LogP contribution in [0.15, 0.2) is 42.5 Å². The fourth-order valence-corrected chi connectivity index (χ4v) is 4.37. The van der Waals surface area contributed by atoms with E-state index < -0.39 is 27.8 Å². The zero-order valence-electron chi connectivity index (χ0n) is 17.7. The predicted octanol–water partition coefficient (Wildman–Crippen LogP) is 3.26. The Balaban J connectivity index is 2.31. The standard InChI is InChI=1S/C21H27FN2O5S/c1-6-18(15-10-11-19(28-3)20(12-15)29-4)23-21(25)14(2)24(30(5,26)27)17-9-7-8-16(22)13-17/h7-14,18H,6H2,1-5H3,(H,23,25)/t14-,18-/m1/s1. The molecule has 1 amide bonds. The van der Waals surface area contributed by atoms with E-state index in [1.54, 1.807) is 18.2 Å². The van der Waals surface area contributed by atoms with Crippen LogP contribution in [-0.2, 0) is 14.8 Å². The van der Waals surface area contributed by atoms with Gasteiger partial charge in [-0.2, -0.15) is 0 Å². The molecule has 0 saturated carbocycles. The Hall–Kier alpha value is -2.81. The zero-order valence-corrected chi connectivity index (χ0v) is 18.5. The van der Waals surface area contributed by atoms with Gasteiger partial charge in [-0.15, -0.1) is 0 Å². The number of carbonyl (C=O) groups is 1. The van der Waals surface area contributed by atoms with Crippen molar-refractivity contribution in [1.82, 2.24) is 5.32 Å². The van der Waals surface area contributed by atoms with Gasteiger partial charge in [-0.25, -0.2) is 12.8 Å². The van der Waals surface area contributed by atoms with Crippen LogP contribution < -0.4 is 19.1 Å². The lowest BCUT2D eigenvalue weighted by Crippen LogP contribution is -2.48.